The average molecular weight is 286 g/mol. The predicted octanol–water partition coefficient (Wildman–Crippen LogP) is 3.77. The summed E-state index contributed by atoms with van der Waals surface area (Å²) >= 11 is 0. The van der Waals surface area contributed by atoms with Gasteiger partial charge in [-0.15, -0.1) is 0 Å². The lowest BCUT2D eigenvalue weighted by molar-refractivity contribution is 0.0676. The number of benzene rings is 1. The third-order valence-corrected chi connectivity index (χ3v) is 5.53. The van der Waals surface area contributed by atoms with Crippen LogP contribution in [0.2, 0.25) is 0 Å². The molecule has 2 unspecified atom stereocenters. The van der Waals surface area contributed by atoms with Crippen LogP contribution < -0.4 is 5.32 Å². The molecule has 1 N–H and O–H groups in total. The highest BCUT2D eigenvalue weighted by atomic mass is 15.2. The smallest absolute Gasteiger partial charge is 0.0480 e. The molecule has 0 spiro atoms. The maximum Gasteiger partial charge on any atom is 0.0480 e. The third-order valence-electron chi connectivity index (χ3n) is 5.53. The van der Waals surface area contributed by atoms with E-state index in [-0.39, 0.29) is 0 Å². The van der Waals surface area contributed by atoms with Crippen molar-refractivity contribution in [1.82, 2.24) is 10.2 Å². The lowest BCUT2D eigenvalue weighted by atomic mass is 9.79. The fraction of sp³-hybridized carbons (Fsp3) is 0.684. The molecule has 2 atom stereocenters. The van der Waals surface area contributed by atoms with E-state index in [0.29, 0.717) is 17.5 Å². The van der Waals surface area contributed by atoms with Gasteiger partial charge in [0.2, 0.25) is 0 Å². The maximum atomic E-state index is 3.77. The van der Waals surface area contributed by atoms with Crippen LogP contribution in [0.3, 0.4) is 0 Å². The van der Waals surface area contributed by atoms with Crippen molar-refractivity contribution in [3.05, 3.63) is 35.4 Å². The van der Waals surface area contributed by atoms with Gasteiger partial charge in [0.15, 0.2) is 0 Å². The quantitative estimate of drug-likeness (QED) is 0.910. The van der Waals surface area contributed by atoms with Gasteiger partial charge in [-0.1, -0.05) is 45.0 Å². The highest BCUT2D eigenvalue weighted by Crippen LogP contribution is 2.37. The Balaban J connectivity index is 1.79. The van der Waals surface area contributed by atoms with E-state index in [1.807, 2.05) is 0 Å². The molecule has 1 aliphatic heterocycles. The fourth-order valence-electron chi connectivity index (χ4n) is 4.06. The van der Waals surface area contributed by atoms with Gasteiger partial charge >= 0.3 is 0 Å². The number of aryl methyl sites for hydroxylation is 1. The number of hydrogen-bond acceptors (Lipinski definition) is 2. The molecule has 1 saturated heterocycles. The van der Waals surface area contributed by atoms with Gasteiger partial charge in [-0.05, 0) is 61.9 Å². The summed E-state index contributed by atoms with van der Waals surface area (Å²) in [5.74, 6) is 0. The number of nitrogens with one attached hydrogen (secondary N) is 1. The van der Waals surface area contributed by atoms with Crippen molar-refractivity contribution in [3.63, 3.8) is 0 Å². The fourth-order valence-corrected chi connectivity index (χ4v) is 4.06. The molecular weight excluding hydrogens is 256 g/mol. The van der Waals surface area contributed by atoms with Crippen molar-refractivity contribution < 1.29 is 0 Å². The molecule has 0 amide bonds. The predicted molar refractivity (Wildman–Crippen MR) is 89.6 cm³/mol. The normalized spacial score (nSPS) is 29.1. The molecule has 0 aromatic heterocycles. The number of fused-ring (bicyclic) bond motifs is 1. The first-order chi connectivity index (χ1) is 10.1. The Labute approximate surface area is 129 Å². The molecule has 0 bridgehead atoms. The maximum absolute atomic E-state index is 3.77. The molecule has 116 valence electrons. The largest absolute Gasteiger partial charge is 0.309 e. The molecule has 0 saturated carbocycles. The molecule has 0 radical (unpaired) electrons. The van der Waals surface area contributed by atoms with Crippen LogP contribution in [-0.2, 0) is 6.42 Å². The summed E-state index contributed by atoms with van der Waals surface area (Å²) in [6, 6.07) is 10.2. The van der Waals surface area contributed by atoms with Crippen LogP contribution in [0.25, 0.3) is 0 Å². The first-order valence-corrected chi connectivity index (χ1v) is 8.66. The topological polar surface area (TPSA) is 15.3 Å². The van der Waals surface area contributed by atoms with Gasteiger partial charge in [0, 0.05) is 12.1 Å². The highest BCUT2D eigenvalue weighted by molar-refractivity contribution is 5.34. The molecule has 21 heavy (non-hydrogen) atoms. The zero-order valence-electron chi connectivity index (χ0n) is 13.9. The Bertz CT molecular complexity index is 470. The van der Waals surface area contributed by atoms with Gasteiger partial charge in [-0.2, -0.15) is 0 Å². The number of likely N-dealkylation sites (tertiary alicyclic amines) is 1. The summed E-state index contributed by atoms with van der Waals surface area (Å²) in [6.07, 6.45) is 5.21. The minimum atomic E-state index is 0.515. The Morgan fingerprint density at radius 2 is 1.90 bits per heavy atom. The minimum Gasteiger partial charge on any atom is -0.309 e. The van der Waals surface area contributed by atoms with Crippen LogP contribution in [0.4, 0.5) is 0 Å². The first kappa shape index (κ1) is 15.1. The van der Waals surface area contributed by atoms with Crippen LogP contribution in [0.5, 0.6) is 0 Å². The number of nitrogens with zero attached hydrogens (tertiary/aromatic N) is 1. The van der Waals surface area contributed by atoms with Crippen molar-refractivity contribution in [3.8, 4) is 0 Å². The Kier molecular flexibility index (Phi) is 4.37. The van der Waals surface area contributed by atoms with Gasteiger partial charge < -0.3 is 5.32 Å². The van der Waals surface area contributed by atoms with Crippen LogP contribution in [0, 0.1) is 5.41 Å². The Morgan fingerprint density at radius 1 is 1.19 bits per heavy atom. The van der Waals surface area contributed by atoms with E-state index < -0.39 is 0 Å². The molecule has 1 heterocycles. The van der Waals surface area contributed by atoms with Gasteiger partial charge in [0.25, 0.3) is 0 Å². The highest BCUT2D eigenvalue weighted by Gasteiger charge is 2.36. The lowest BCUT2D eigenvalue weighted by Crippen LogP contribution is -2.51. The molecule has 1 fully saturated rings. The SMILES string of the molecule is CCNC1c2ccccc2CCC1N1CCC(C)(C)CC1. The van der Waals surface area contributed by atoms with Crippen LogP contribution in [0.1, 0.15) is 57.2 Å². The monoisotopic (exact) mass is 286 g/mol. The average Bonchev–Trinajstić information content (AvgIpc) is 2.48. The molecule has 1 aliphatic carbocycles. The second-order valence-corrected chi connectivity index (χ2v) is 7.54. The number of hydrogen-bond donors (Lipinski definition) is 1. The van der Waals surface area contributed by atoms with Crippen molar-refractivity contribution in [1.29, 1.82) is 0 Å². The molecular formula is C19H30N2. The van der Waals surface area contributed by atoms with Crippen molar-refractivity contribution in [2.24, 2.45) is 5.41 Å². The molecule has 2 aliphatic rings. The van der Waals surface area contributed by atoms with Crippen LogP contribution in [-0.4, -0.2) is 30.6 Å². The third kappa shape index (κ3) is 3.17. The minimum absolute atomic E-state index is 0.515. The zero-order valence-corrected chi connectivity index (χ0v) is 13.9. The second-order valence-electron chi connectivity index (χ2n) is 7.54. The molecule has 2 heteroatoms. The summed E-state index contributed by atoms with van der Waals surface area (Å²) in [5.41, 5.74) is 3.63. The summed E-state index contributed by atoms with van der Waals surface area (Å²) in [7, 11) is 0. The van der Waals surface area contributed by atoms with E-state index in [9.17, 15) is 0 Å². The number of rotatable bonds is 3. The van der Waals surface area contributed by atoms with Crippen molar-refractivity contribution in [2.75, 3.05) is 19.6 Å². The van der Waals surface area contributed by atoms with E-state index in [4.69, 9.17) is 0 Å². The summed E-state index contributed by atoms with van der Waals surface area (Å²) < 4.78 is 0. The van der Waals surface area contributed by atoms with Gasteiger partial charge in [-0.25, -0.2) is 0 Å². The standard InChI is InChI=1S/C19H30N2/c1-4-20-18-16-8-6-5-7-15(16)9-10-17(18)21-13-11-19(2,3)12-14-21/h5-8,17-18,20H,4,9-14H2,1-3H3. The zero-order chi connectivity index (χ0) is 14.9. The second kappa shape index (κ2) is 6.10. The van der Waals surface area contributed by atoms with E-state index in [2.05, 4.69) is 55.3 Å². The van der Waals surface area contributed by atoms with E-state index in [0.717, 1.165) is 6.54 Å². The van der Waals surface area contributed by atoms with E-state index in [1.54, 1.807) is 11.1 Å². The summed E-state index contributed by atoms with van der Waals surface area (Å²) in [4.78, 5) is 2.76. The van der Waals surface area contributed by atoms with Crippen molar-refractivity contribution >= 4 is 0 Å². The molecule has 1 aromatic carbocycles. The van der Waals surface area contributed by atoms with Crippen LogP contribution >= 0.6 is 0 Å². The summed E-state index contributed by atoms with van der Waals surface area (Å²) in [5, 5.41) is 3.77. The summed E-state index contributed by atoms with van der Waals surface area (Å²) in [6.45, 7) is 10.6. The van der Waals surface area contributed by atoms with Gasteiger partial charge in [-0.3, -0.25) is 4.90 Å². The van der Waals surface area contributed by atoms with Gasteiger partial charge in [0.1, 0.15) is 0 Å². The Hall–Kier alpha value is -0.860. The molecule has 2 nitrogen and oxygen atoms in total. The first-order valence-electron chi connectivity index (χ1n) is 8.66. The number of likely N-dealkylation sites (N-methyl/N-ethyl adjacent to an activating group) is 1. The van der Waals surface area contributed by atoms with Crippen LogP contribution in [0.15, 0.2) is 24.3 Å². The lowest BCUT2D eigenvalue weighted by Gasteiger charge is -2.46. The Morgan fingerprint density at radius 3 is 2.62 bits per heavy atom. The van der Waals surface area contributed by atoms with E-state index in [1.165, 1.54) is 38.8 Å². The van der Waals surface area contributed by atoms with E-state index >= 15 is 0 Å². The number of piperidine rings is 1. The van der Waals surface area contributed by atoms with Gasteiger partial charge in [0.05, 0.1) is 0 Å². The molecule has 3 rings (SSSR count). The van der Waals surface area contributed by atoms with Crippen molar-refractivity contribution in [2.45, 2.75) is 58.5 Å². The molecule has 1 aromatic rings.